The fourth-order valence-corrected chi connectivity index (χ4v) is 4.20. The van der Waals surface area contributed by atoms with Crippen molar-refractivity contribution >= 4 is 46.5 Å². The van der Waals surface area contributed by atoms with Crippen molar-refractivity contribution in [3.05, 3.63) is 83.0 Å². The molecule has 9 heteroatoms. The highest BCUT2D eigenvalue weighted by atomic mass is 32.2. The van der Waals surface area contributed by atoms with E-state index in [1.54, 1.807) is 60.7 Å². The Hall–Kier alpha value is -4.11. The molecule has 3 amide bonds. The first kappa shape index (κ1) is 25.0. The lowest BCUT2D eigenvalue weighted by atomic mass is 10.1. The molecule has 1 aromatic heterocycles. The first-order valence-electron chi connectivity index (χ1n) is 11.4. The summed E-state index contributed by atoms with van der Waals surface area (Å²) in [5.74, 6) is -0.482. The predicted octanol–water partition coefficient (Wildman–Crippen LogP) is 5.58. The van der Waals surface area contributed by atoms with E-state index in [2.05, 4.69) is 5.32 Å². The van der Waals surface area contributed by atoms with E-state index in [1.165, 1.54) is 6.08 Å². The van der Waals surface area contributed by atoms with Crippen LogP contribution in [0.2, 0.25) is 0 Å². The highest BCUT2D eigenvalue weighted by Gasteiger charge is 2.36. The molecule has 0 spiro atoms. The van der Waals surface area contributed by atoms with Crippen LogP contribution in [0.25, 0.3) is 17.4 Å². The lowest BCUT2D eigenvalue weighted by molar-refractivity contribution is -0.127. The molecule has 0 unspecified atom stereocenters. The minimum Gasteiger partial charge on any atom is -0.462 e. The van der Waals surface area contributed by atoms with E-state index in [0.29, 0.717) is 29.4 Å². The second kappa shape index (κ2) is 11.5. The lowest BCUT2D eigenvalue weighted by Gasteiger charge is -2.12. The summed E-state index contributed by atoms with van der Waals surface area (Å²) in [4.78, 5) is 50.5. The standard InChI is InChI=1S/C27H24N2O6S/c1-2-3-15-34-26(32)19-11-9-18(10-12-19)22-14-13-21(35-22)16-23-25(31)29(27(33)36-23)17-24(30)28-20-7-5-4-6-8-20/h4-14,16H,2-3,15,17H2,1H3,(H,28,30)/b23-16+. The molecule has 36 heavy (non-hydrogen) atoms. The van der Waals surface area contributed by atoms with Gasteiger partial charge in [-0.25, -0.2) is 4.79 Å². The number of rotatable bonds is 9. The Morgan fingerprint density at radius 3 is 2.50 bits per heavy atom. The summed E-state index contributed by atoms with van der Waals surface area (Å²) in [6.07, 6.45) is 3.24. The molecule has 2 heterocycles. The minimum atomic E-state index is -0.558. The number of hydrogen-bond donors (Lipinski definition) is 1. The molecule has 0 bridgehead atoms. The molecule has 184 valence electrons. The minimum absolute atomic E-state index is 0.165. The Kier molecular flexibility index (Phi) is 8.02. The summed E-state index contributed by atoms with van der Waals surface area (Å²) in [6.45, 7) is 2.03. The molecule has 8 nitrogen and oxygen atoms in total. The van der Waals surface area contributed by atoms with Crippen LogP contribution in [0.4, 0.5) is 10.5 Å². The molecule has 1 fully saturated rings. The average Bonchev–Trinajstić information content (AvgIpc) is 3.45. The number of amides is 3. The fourth-order valence-electron chi connectivity index (χ4n) is 3.38. The Labute approximate surface area is 212 Å². The van der Waals surface area contributed by atoms with Crippen LogP contribution in [0.3, 0.4) is 0 Å². The zero-order valence-corrected chi connectivity index (χ0v) is 20.4. The highest BCUT2D eigenvalue weighted by Crippen LogP contribution is 2.33. The van der Waals surface area contributed by atoms with Gasteiger partial charge in [-0.1, -0.05) is 43.7 Å². The smallest absolute Gasteiger partial charge is 0.338 e. The Balaban J connectivity index is 1.39. The SMILES string of the molecule is CCCCOC(=O)c1ccc(-c2ccc(/C=C3/SC(=O)N(CC(=O)Nc4ccccc4)C3=O)o2)cc1. The highest BCUT2D eigenvalue weighted by molar-refractivity contribution is 8.18. The zero-order valence-electron chi connectivity index (χ0n) is 19.6. The van der Waals surface area contributed by atoms with Gasteiger partial charge in [0.2, 0.25) is 5.91 Å². The third-order valence-corrected chi connectivity index (χ3v) is 6.18. The van der Waals surface area contributed by atoms with Gasteiger partial charge >= 0.3 is 5.97 Å². The maximum Gasteiger partial charge on any atom is 0.338 e. The van der Waals surface area contributed by atoms with Gasteiger partial charge in [0.25, 0.3) is 11.1 Å². The van der Waals surface area contributed by atoms with Gasteiger partial charge in [0.1, 0.15) is 18.1 Å². The van der Waals surface area contributed by atoms with E-state index in [4.69, 9.17) is 9.15 Å². The van der Waals surface area contributed by atoms with Gasteiger partial charge in [0, 0.05) is 17.3 Å². The number of hydrogen-bond acceptors (Lipinski definition) is 7. The number of carbonyl (C=O) groups is 4. The van der Waals surface area contributed by atoms with Crippen LogP contribution in [-0.4, -0.2) is 41.1 Å². The molecular weight excluding hydrogens is 480 g/mol. The average molecular weight is 505 g/mol. The van der Waals surface area contributed by atoms with Crippen molar-refractivity contribution in [2.45, 2.75) is 19.8 Å². The number of anilines is 1. The number of unbranched alkanes of at least 4 members (excludes halogenated alkanes) is 1. The number of imide groups is 1. The van der Waals surface area contributed by atoms with Crippen LogP contribution >= 0.6 is 11.8 Å². The summed E-state index contributed by atoms with van der Waals surface area (Å²) in [5.41, 5.74) is 1.77. The summed E-state index contributed by atoms with van der Waals surface area (Å²) < 4.78 is 11.0. The van der Waals surface area contributed by atoms with Gasteiger partial charge in [-0.15, -0.1) is 0 Å². The van der Waals surface area contributed by atoms with E-state index in [9.17, 15) is 19.2 Å². The number of carbonyl (C=O) groups excluding carboxylic acids is 4. The molecule has 4 rings (SSSR count). The van der Waals surface area contributed by atoms with Crippen molar-refractivity contribution in [2.75, 3.05) is 18.5 Å². The van der Waals surface area contributed by atoms with Crippen LogP contribution < -0.4 is 5.32 Å². The summed E-state index contributed by atoms with van der Waals surface area (Å²) in [5, 5.41) is 2.13. The Morgan fingerprint density at radius 2 is 1.78 bits per heavy atom. The molecule has 1 saturated heterocycles. The number of esters is 1. The van der Waals surface area contributed by atoms with Gasteiger partial charge < -0.3 is 14.5 Å². The van der Waals surface area contributed by atoms with Gasteiger partial charge in [-0.05, 0) is 54.6 Å². The molecule has 1 aliphatic heterocycles. The predicted molar refractivity (Wildman–Crippen MR) is 137 cm³/mol. The first-order chi connectivity index (χ1) is 17.4. The molecular formula is C27H24N2O6S. The topological polar surface area (TPSA) is 106 Å². The number of benzene rings is 2. The van der Waals surface area contributed by atoms with E-state index in [0.717, 1.165) is 35.1 Å². The monoisotopic (exact) mass is 504 g/mol. The van der Waals surface area contributed by atoms with E-state index in [-0.39, 0.29) is 17.4 Å². The van der Waals surface area contributed by atoms with Gasteiger partial charge in [0.15, 0.2) is 0 Å². The van der Waals surface area contributed by atoms with Crippen molar-refractivity contribution in [1.29, 1.82) is 0 Å². The van der Waals surface area contributed by atoms with Crippen LogP contribution in [-0.2, 0) is 14.3 Å². The van der Waals surface area contributed by atoms with Crippen LogP contribution in [0.5, 0.6) is 0 Å². The number of nitrogens with zero attached hydrogens (tertiary/aromatic N) is 1. The van der Waals surface area contributed by atoms with Crippen LogP contribution in [0.1, 0.15) is 35.9 Å². The maximum absolute atomic E-state index is 12.7. The molecule has 3 aromatic rings. The van der Waals surface area contributed by atoms with Crippen molar-refractivity contribution < 1.29 is 28.3 Å². The molecule has 0 aliphatic carbocycles. The Bertz CT molecular complexity index is 1300. The van der Waals surface area contributed by atoms with Gasteiger partial charge in [-0.2, -0.15) is 0 Å². The molecule has 0 saturated carbocycles. The molecule has 0 atom stereocenters. The van der Waals surface area contributed by atoms with Crippen LogP contribution in [0, 0.1) is 0 Å². The number of ether oxygens (including phenoxy) is 1. The van der Waals surface area contributed by atoms with Crippen LogP contribution in [0.15, 0.2) is 76.1 Å². The largest absolute Gasteiger partial charge is 0.462 e. The second-order valence-electron chi connectivity index (χ2n) is 7.95. The number of furan rings is 1. The lowest BCUT2D eigenvalue weighted by Crippen LogP contribution is -2.36. The second-order valence-corrected chi connectivity index (χ2v) is 8.94. The van der Waals surface area contributed by atoms with E-state index >= 15 is 0 Å². The number of para-hydroxylation sites is 1. The quantitative estimate of drug-likeness (QED) is 0.230. The van der Waals surface area contributed by atoms with E-state index in [1.807, 2.05) is 13.0 Å². The molecule has 1 N–H and O–H groups in total. The first-order valence-corrected chi connectivity index (χ1v) is 12.2. The van der Waals surface area contributed by atoms with Gasteiger partial charge in [0.05, 0.1) is 17.1 Å². The van der Waals surface area contributed by atoms with Crippen molar-refractivity contribution in [3.8, 4) is 11.3 Å². The third kappa shape index (κ3) is 6.11. The molecule has 1 aliphatic rings. The van der Waals surface area contributed by atoms with E-state index < -0.39 is 17.1 Å². The normalized spacial score (nSPS) is 14.4. The summed E-state index contributed by atoms with van der Waals surface area (Å²) in [6, 6.07) is 19.0. The third-order valence-electron chi connectivity index (χ3n) is 5.27. The van der Waals surface area contributed by atoms with Crippen molar-refractivity contribution in [1.82, 2.24) is 4.90 Å². The molecule has 2 aromatic carbocycles. The maximum atomic E-state index is 12.7. The number of nitrogens with one attached hydrogen (secondary N) is 1. The Morgan fingerprint density at radius 1 is 1.03 bits per heavy atom. The number of thioether (sulfide) groups is 1. The summed E-state index contributed by atoms with van der Waals surface area (Å²) in [7, 11) is 0. The summed E-state index contributed by atoms with van der Waals surface area (Å²) >= 11 is 0.750. The van der Waals surface area contributed by atoms with Gasteiger partial charge in [-0.3, -0.25) is 19.3 Å². The fraction of sp³-hybridized carbons (Fsp3) is 0.185. The zero-order chi connectivity index (χ0) is 25.5. The van der Waals surface area contributed by atoms with Crippen molar-refractivity contribution in [3.63, 3.8) is 0 Å². The molecule has 0 radical (unpaired) electrons. The van der Waals surface area contributed by atoms with Crippen molar-refractivity contribution in [2.24, 2.45) is 0 Å².